The third-order valence-corrected chi connectivity index (χ3v) is 3.71. The number of hydrogen-bond acceptors (Lipinski definition) is 8. The van der Waals surface area contributed by atoms with E-state index in [-0.39, 0.29) is 6.01 Å². The van der Waals surface area contributed by atoms with Crippen molar-refractivity contribution in [1.82, 2.24) is 10.2 Å². The molecule has 8 heteroatoms. The van der Waals surface area contributed by atoms with Crippen molar-refractivity contribution < 1.29 is 18.6 Å². The molecule has 0 radical (unpaired) electrons. The molecule has 128 valence electrons. The third kappa shape index (κ3) is 3.01. The van der Waals surface area contributed by atoms with E-state index >= 15 is 0 Å². The highest BCUT2D eigenvalue weighted by Crippen LogP contribution is 2.34. The van der Waals surface area contributed by atoms with Gasteiger partial charge in [-0.2, -0.15) is 0 Å². The quantitative estimate of drug-likeness (QED) is 0.699. The highest BCUT2D eigenvalue weighted by Gasteiger charge is 2.15. The van der Waals surface area contributed by atoms with E-state index in [2.05, 4.69) is 15.5 Å². The van der Waals surface area contributed by atoms with E-state index in [9.17, 15) is 0 Å². The van der Waals surface area contributed by atoms with Crippen LogP contribution in [0.25, 0.3) is 11.5 Å². The molecule has 0 saturated heterocycles. The van der Waals surface area contributed by atoms with Crippen molar-refractivity contribution in [1.29, 1.82) is 0 Å². The van der Waals surface area contributed by atoms with Gasteiger partial charge in [-0.15, -0.1) is 5.10 Å². The van der Waals surface area contributed by atoms with E-state index in [0.29, 0.717) is 47.6 Å². The standard InChI is InChI=1S/C17H16N4O4/c1-22-11-3-4-12(13(18)9-11)16-20-21-17(25-16)19-10-2-5-14-15(8-10)24-7-6-23-14/h2-5,8-9H,6-7,18H2,1H3,(H,19,21). The molecule has 0 amide bonds. The minimum Gasteiger partial charge on any atom is -0.497 e. The van der Waals surface area contributed by atoms with E-state index in [1.165, 1.54) is 0 Å². The molecule has 4 rings (SSSR count). The molecule has 0 bridgehead atoms. The lowest BCUT2D eigenvalue weighted by Crippen LogP contribution is -2.15. The predicted octanol–water partition coefficient (Wildman–Crippen LogP) is 2.84. The number of nitrogens with one attached hydrogen (secondary N) is 1. The van der Waals surface area contributed by atoms with Crippen LogP contribution in [0.3, 0.4) is 0 Å². The lowest BCUT2D eigenvalue weighted by Gasteiger charge is -2.18. The summed E-state index contributed by atoms with van der Waals surface area (Å²) >= 11 is 0. The monoisotopic (exact) mass is 340 g/mol. The Morgan fingerprint density at radius 1 is 1.04 bits per heavy atom. The number of aromatic nitrogens is 2. The summed E-state index contributed by atoms with van der Waals surface area (Å²) in [6.07, 6.45) is 0. The molecule has 1 aromatic heterocycles. The number of nitrogens with two attached hydrogens (primary N) is 1. The van der Waals surface area contributed by atoms with Crippen LogP contribution in [0.1, 0.15) is 0 Å². The summed E-state index contributed by atoms with van der Waals surface area (Å²) in [5.74, 6) is 2.38. The van der Waals surface area contributed by atoms with Gasteiger partial charge in [0.15, 0.2) is 11.5 Å². The van der Waals surface area contributed by atoms with Crippen LogP contribution in [0.2, 0.25) is 0 Å². The number of hydrogen-bond donors (Lipinski definition) is 2. The Hall–Kier alpha value is -3.42. The number of methoxy groups -OCH3 is 1. The molecular formula is C17H16N4O4. The maximum Gasteiger partial charge on any atom is 0.320 e. The summed E-state index contributed by atoms with van der Waals surface area (Å²) < 4.78 is 21.8. The van der Waals surface area contributed by atoms with Gasteiger partial charge in [0.05, 0.1) is 12.7 Å². The Morgan fingerprint density at radius 3 is 2.68 bits per heavy atom. The minimum absolute atomic E-state index is 0.252. The molecule has 0 fully saturated rings. The first kappa shape index (κ1) is 15.1. The second-order valence-electron chi connectivity index (χ2n) is 5.35. The van der Waals surface area contributed by atoms with Crippen molar-refractivity contribution in [2.45, 2.75) is 0 Å². The second kappa shape index (κ2) is 6.23. The van der Waals surface area contributed by atoms with Gasteiger partial charge in [-0.3, -0.25) is 0 Å². The summed E-state index contributed by atoms with van der Waals surface area (Å²) in [5.41, 5.74) is 7.90. The first-order valence-corrected chi connectivity index (χ1v) is 7.67. The van der Waals surface area contributed by atoms with Crippen molar-refractivity contribution in [3.63, 3.8) is 0 Å². The summed E-state index contributed by atoms with van der Waals surface area (Å²) in [4.78, 5) is 0. The van der Waals surface area contributed by atoms with Crippen molar-refractivity contribution in [3.05, 3.63) is 36.4 Å². The molecule has 0 atom stereocenters. The molecule has 1 aliphatic rings. The van der Waals surface area contributed by atoms with Crippen LogP contribution in [0, 0.1) is 0 Å². The van der Waals surface area contributed by atoms with Crippen molar-refractivity contribution in [2.75, 3.05) is 31.4 Å². The zero-order chi connectivity index (χ0) is 17.2. The molecule has 2 heterocycles. The van der Waals surface area contributed by atoms with Gasteiger partial charge in [0.2, 0.25) is 0 Å². The number of nitrogens with zero attached hydrogens (tertiary/aromatic N) is 2. The number of nitrogen functional groups attached to an aromatic ring is 1. The molecule has 2 aromatic carbocycles. The Balaban J connectivity index is 1.55. The highest BCUT2D eigenvalue weighted by molar-refractivity contribution is 5.72. The van der Waals surface area contributed by atoms with Gasteiger partial charge in [-0.1, -0.05) is 5.10 Å². The lowest BCUT2D eigenvalue weighted by molar-refractivity contribution is 0.171. The van der Waals surface area contributed by atoms with E-state index in [4.69, 9.17) is 24.4 Å². The first-order valence-electron chi connectivity index (χ1n) is 7.67. The zero-order valence-corrected chi connectivity index (χ0v) is 13.5. The summed E-state index contributed by atoms with van der Waals surface area (Å²) in [7, 11) is 1.58. The topological polar surface area (TPSA) is 105 Å². The second-order valence-corrected chi connectivity index (χ2v) is 5.35. The maximum absolute atomic E-state index is 6.01. The van der Waals surface area contributed by atoms with Gasteiger partial charge in [0.1, 0.15) is 19.0 Å². The molecule has 3 aromatic rings. The van der Waals surface area contributed by atoms with Crippen LogP contribution < -0.4 is 25.3 Å². The van der Waals surface area contributed by atoms with Gasteiger partial charge < -0.3 is 29.7 Å². The Kier molecular flexibility index (Phi) is 3.77. The van der Waals surface area contributed by atoms with Crippen molar-refractivity contribution in [3.8, 4) is 28.7 Å². The van der Waals surface area contributed by atoms with Crippen molar-refractivity contribution >= 4 is 17.4 Å². The Morgan fingerprint density at radius 2 is 1.88 bits per heavy atom. The molecule has 0 aliphatic carbocycles. The number of fused-ring (bicyclic) bond motifs is 1. The van der Waals surface area contributed by atoms with Crippen molar-refractivity contribution in [2.24, 2.45) is 0 Å². The Bertz CT molecular complexity index is 909. The summed E-state index contributed by atoms with van der Waals surface area (Å²) in [5, 5.41) is 11.1. The third-order valence-electron chi connectivity index (χ3n) is 3.71. The van der Waals surface area contributed by atoms with Crippen LogP contribution >= 0.6 is 0 Å². The SMILES string of the molecule is COc1ccc(-c2nnc(Nc3ccc4c(c3)OCCO4)o2)c(N)c1. The maximum atomic E-state index is 6.01. The van der Waals surface area contributed by atoms with Gasteiger partial charge >= 0.3 is 6.01 Å². The molecule has 8 nitrogen and oxygen atoms in total. The van der Waals surface area contributed by atoms with Gasteiger partial charge in [-0.25, -0.2) is 0 Å². The first-order chi connectivity index (χ1) is 12.2. The lowest BCUT2D eigenvalue weighted by atomic mass is 10.2. The van der Waals surface area contributed by atoms with Crippen LogP contribution in [0.5, 0.6) is 17.2 Å². The summed E-state index contributed by atoms with van der Waals surface area (Å²) in [6.45, 7) is 1.08. The number of ether oxygens (including phenoxy) is 3. The average molecular weight is 340 g/mol. The smallest absolute Gasteiger partial charge is 0.320 e. The van der Waals surface area contributed by atoms with E-state index < -0.39 is 0 Å². The fourth-order valence-corrected chi connectivity index (χ4v) is 2.49. The fraction of sp³-hybridized carbons (Fsp3) is 0.176. The molecule has 0 saturated carbocycles. The predicted molar refractivity (Wildman–Crippen MR) is 91.4 cm³/mol. The number of anilines is 3. The van der Waals surface area contributed by atoms with Gasteiger partial charge in [0.25, 0.3) is 5.89 Å². The normalized spacial score (nSPS) is 12.7. The zero-order valence-electron chi connectivity index (χ0n) is 13.5. The number of benzene rings is 2. The van der Waals surface area contributed by atoms with Crippen LogP contribution in [-0.2, 0) is 0 Å². The molecule has 0 unspecified atom stereocenters. The van der Waals surface area contributed by atoms with Crippen LogP contribution in [-0.4, -0.2) is 30.5 Å². The van der Waals surface area contributed by atoms with E-state index in [0.717, 1.165) is 5.69 Å². The highest BCUT2D eigenvalue weighted by atomic mass is 16.6. The number of rotatable bonds is 4. The largest absolute Gasteiger partial charge is 0.497 e. The van der Waals surface area contributed by atoms with Gasteiger partial charge in [0, 0.05) is 23.5 Å². The molecule has 25 heavy (non-hydrogen) atoms. The van der Waals surface area contributed by atoms with Crippen LogP contribution in [0.15, 0.2) is 40.8 Å². The average Bonchev–Trinajstić information content (AvgIpc) is 3.09. The van der Waals surface area contributed by atoms with E-state index in [1.54, 1.807) is 25.3 Å². The van der Waals surface area contributed by atoms with E-state index in [1.807, 2.05) is 18.2 Å². The molecule has 0 spiro atoms. The summed E-state index contributed by atoms with van der Waals surface area (Å²) in [6, 6.07) is 11.0. The van der Waals surface area contributed by atoms with Crippen LogP contribution in [0.4, 0.5) is 17.4 Å². The van der Waals surface area contributed by atoms with Gasteiger partial charge in [-0.05, 0) is 24.3 Å². The Labute approximate surface area is 143 Å². The minimum atomic E-state index is 0.252. The molecular weight excluding hydrogens is 324 g/mol. The fourth-order valence-electron chi connectivity index (χ4n) is 2.49. The molecule has 3 N–H and O–H groups in total. The molecule has 1 aliphatic heterocycles.